The van der Waals surface area contributed by atoms with E-state index in [0.717, 1.165) is 25.4 Å². The zero-order valence-electron chi connectivity index (χ0n) is 9.82. The summed E-state index contributed by atoms with van der Waals surface area (Å²) in [4.78, 5) is 2.32. The van der Waals surface area contributed by atoms with Gasteiger partial charge in [-0.3, -0.25) is 4.90 Å². The Morgan fingerprint density at radius 3 is 2.53 bits per heavy atom. The van der Waals surface area contributed by atoms with Crippen molar-refractivity contribution in [2.75, 3.05) is 13.1 Å². The Bertz CT molecular complexity index is 214. The van der Waals surface area contributed by atoms with E-state index in [2.05, 4.69) is 23.9 Å². The lowest BCUT2D eigenvalue weighted by molar-refractivity contribution is 0.160. The molecule has 0 aliphatic heterocycles. The number of nitrogens with zero attached hydrogens (tertiary/aromatic N) is 2. The van der Waals surface area contributed by atoms with Crippen molar-refractivity contribution in [3.05, 3.63) is 0 Å². The Morgan fingerprint density at radius 1 is 1.53 bits per heavy atom. The van der Waals surface area contributed by atoms with Crippen LogP contribution in [0.25, 0.3) is 0 Å². The van der Waals surface area contributed by atoms with Crippen LogP contribution in [0.1, 0.15) is 39.5 Å². The van der Waals surface area contributed by atoms with Crippen LogP contribution in [0.2, 0.25) is 0 Å². The van der Waals surface area contributed by atoms with E-state index in [-0.39, 0.29) is 6.04 Å². The Balaban J connectivity index is 2.52. The van der Waals surface area contributed by atoms with E-state index in [0.29, 0.717) is 5.84 Å². The quantitative estimate of drug-likeness (QED) is 0.305. The van der Waals surface area contributed by atoms with E-state index in [4.69, 9.17) is 10.9 Å². The second-order valence-corrected chi connectivity index (χ2v) is 4.33. The van der Waals surface area contributed by atoms with Gasteiger partial charge < -0.3 is 10.9 Å². The molecule has 3 N–H and O–H groups in total. The Kier molecular flexibility index (Phi) is 4.88. The molecule has 0 saturated heterocycles. The summed E-state index contributed by atoms with van der Waals surface area (Å²) in [6, 6.07) is 0.0978. The highest BCUT2D eigenvalue weighted by molar-refractivity contribution is 5.85. The van der Waals surface area contributed by atoms with Crippen molar-refractivity contribution in [1.29, 1.82) is 0 Å². The largest absolute Gasteiger partial charge is 0.409 e. The zero-order valence-corrected chi connectivity index (χ0v) is 9.82. The number of likely N-dealkylation sites (N-methyl/N-ethyl adjacent to an activating group) is 1. The van der Waals surface area contributed by atoms with Crippen LogP contribution < -0.4 is 5.73 Å². The maximum atomic E-state index is 8.72. The highest BCUT2D eigenvalue weighted by Gasteiger charge is 2.25. The molecule has 1 atom stereocenters. The highest BCUT2D eigenvalue weighted by atomic mass is 16.4. The van der Waals surface area contributed by atoms with E-state index in [9.17, 15) is 0 Å². The molecule has 0 spiro atoms. The molecule has 1 unspecified atom stereocenters. The number of oxime groups is 1. The van der Waals surface area contributed by atoms with Crippen molar-refractivity contribution in [2.24, 2.45) is 16.8 Å². The van der Waals surface area contributed by atoms with E-state index in [1.54, 1.807) is 0 Å². The molecule has 1 rings (SSSR count). The van der Waals surface area contributed by atoms with Gasteiger partial charge in [0.25, 0.3) is 0 Å². The van der Waals surface area contributed by atoms with Crippen LogP contribution in [0, 0.1) is 5.92 Å². The van der Waals surface area contributed by atoms with Gasteiger partial charge in [0.2, 0.25) is 0 Å². The minimum atomic E-state index is 0.0978. The summed E-state index contributed by atoms with van der Waals surface area (Å²) in [7, 11) is 0. The van der Waals surface area contributed by atoms with E-state index in [1.165, 1.54) is 19.3 Å². The number of hydrogen-bond acceptors (Lipinski definition) is 3. The third-order valence-corrected chi connectivity index (χ3v) is 3.41. The topological polar surface area (TPSA) is 61.9 Å². The van der Waals surface area contributed by atoms with Crippen LogP contribution in [-0.4, -0.2) is 35.1 Å². The van der Waals surface area contributed by atoms with Gasteiger partial charge in [-0.15, -0.1) is 0 Å². The average molecular weight is 213 g/mol. The first-order chi connectivity index (χ1) is 7.22. The van der Waals surface area contributed by atoms with Gasteiger partial charge in [-0.05, 0) is 31.7 Å². The first kappa shape index (κ1) is 12.3. The molecule has 0 bridgehead atoms. The van der Waals surface area contributed by atoms with Gasteiger partial charge in [-0.25, -0.2) is 0 Å². The predicted molar refractivity (Wildman–Crippen MR) is 62.1 cm³/mol. The van der Waals surface area contributed by atoms with Crippen molar-refractivity contribution in [3.63, 3.8) is 0 Å². The molecule has 0 aromatic rings. The SMILES string of the molecule is CCC(C(N)=NO)N(CC)CC1CCC1. The molecule has 1 fully saturated rings. The molecular weight excluding hydrogens is 190 g/mol. The summed E-state index contributed by atoms with van der Waals surface area (Å²) < 4.78 is 0. The van der Waals surface area contributed by atoms with Gasteiger partial charge in [0.15, 0.2) is 5.84 Å². The number of hydrogen-bond donors (Lipinski definition) is 2. The number of rotatable bonds is 6. The van der Waals surface area contributed by atoms with E-state index >= 15 is 0 Å². The monoisotopic (exact) mass is 213 g/mol. The number of nitrogens with two attached hydrogens (primary N) is 1. The summed E-state index contributed by atoms with van der Waals surface area (Å²) in [5, 5.41) is 11.9. The molecule has 0 aromatic carbocycles. The van der Waals surface area contributed by atoms with Gasteiger partial charge in [-0.1, -0.05) is 25.4 Å². The third-order valence-electron chi connectivity index (χ3n) is 3.41. The fourth-order valence-electron chi connectivity index (χ4n) is 2.20. The summed E-state index contributed by atoms with van der Waals surface area (Å²) >= 11 is 0. The Morgan fingerprint density at radius 2 is 2.20 bits per heavy atom. The second-order valence-electron chi connectivity index (χ2n) is 4.33. The maximum Gasteiger partial charge on any atom is 0.156 e. The lowest BCUT2D eigenvalue weighted by Crippen LogP contribution is -2.47. The maximum absolute atomic E-state index is 8.72. The normalized spacial score (nSPS) is 20.3. The van der Waals surface area contributed by atoms with Crippen molar-refractivity contribution < 1.29 is 5.21 Å². The van der Waals surface area contributed by atoms with E-state index in [1.807, 2.05) is 0 Å². The van der Waals surface area contributed by atoms with Crippen LogP contribution in [-0.2, 0) is 0 Å². The van der Waals surface area contributed by atoms with Crippen molar-refractivity contribution >= 4 is 5.84 Å². The fraction of sp³-hybridized carbons (Fsp3) is 0.909. The molecule has 0 heterocycles. The first-order valence-corrected chi connectivity index (χ1v) is 5.94. The zero-order chi connectivity index (χ0) is 11.3. The minimum Gasteiger partial charge on any atom is -0.409 e. The molecule has 1 aliphatic rings. The summed E-state index contributed by atoms with van der Waals surface area (Å²) in [5.74, 6) is 1.17. The third kappa shape index (κ3) is 3.09. The van der Waals surface area contributed by atoms with Crippen LogP contribution in [0.4, 0.5) is 0 Å². The molecule has 4 nitrogen and oxygen atoms in total. The molecule has 0 radical (unpaired) electrons. The Hall–Kier alpha value is -0.770. The lowest BCUT2D eigenvalue weighted by atomic mass is 9.84. The molecular formula is C11H23N3O. The lowest BCUT2D eigenvalue weighted by Gasteiger charge is -2.35. The minimum absolute atomic E-state index is 0.0978. The van der Waals surface area contributed by atoms with Crippen molar-refractivity contribution in [1.82, 2.24) is 4.90 Å². The van der Waals surface area contributed by atoms with Crippen LogP contribution in [0.5, 0.6) is 0 Å². The van der Waals surface area contributed by atoms with Crippen LogP contribution in [0.15, 0.2) is 5.16 Å². The van der Waals surface area contributed by atoms with Gasteiger partial charge in [-0.2, -0.15) is 0 Å². The van der Waals surface area contributed by atoms with Gasteiger partial charge in [0.05, 0.1) is 6.04 Å². The van der Waals surface area contributed by atoms with Gasteiger partial charge >= 0.3 is 0 Å². The molecule has 1 saturated carbocycles. The van der Waals surface area contributed by atoms with Crippen molar-refractivity contribution in [3.8, 4) is 0 Å². The Labute approximate surface area is 92.1 Å². The smallest absolute Gasteiger partial charge is 0.156 e. The fourth-order valence-corrected chi connectivity index (χ4v) is 2.20. The second kappa shape index (κ2) is 5.95. The first-order valence-electron chi connectivity index (χ1n) is 5.94. The van der Waals surface area contributed by atoms with E-state index < -0.39 is 0 Å². The van der Waals surface area contributed by atoms with Gasteiger partial charge in [0.1, 0.15) is 0 Å². The molecule has 88 valence electrons. The summed E-state index contributed by atoms with van der Waals surface area (Å²) in [6.07, 6.45) is 4.94. The molecule has 1 aliphatic carbocycles. The number of amidine groups is 1. The predicted octanol–water partition coefficient (Wildman–Crippen LogP) is 1.63. The standard InChI is InChI=1S/C11H23N3O/c1-3-10(11(12)13-15)14(4-2)8-9-6-5-7-9/h9-10,15H,3-8H2,1-2H3,(H2,12,13). The molecule has 0 aromatic heterocycles. The molecule has 4 heteroatoms. The van der Waals surface area contributed by atoms with Gasteiger partial charge in [0, 0.05) is 6.54 Å². The van der Waals surface area contributed by atoms with Crippen molar-refractivity contribution in [2.45, 2.75) is 45.6 Å². The average Bonchev–Trinajstić information content (AvgIpc) is 2.20. The molecule has 0 amide bonds. The summed E-state index contributed by atoms with van der Waals surface area (Å²) in [6.45, 7) is 6.26. The van der Waals surface area contributed by atoms with Crippen LogP contribution >= 0.6 is 0 Å². The van der Waals surface area contributed by atoms with Crippen LogP contribution in [0.3, 0.4) is 0 Å². The highest BCUT2D eigenvalue weighted by Crippen LogP contribution is 2.27. The summed E-state index contributed by atoms with van der Waals surface area (Å²) in [5.41, 5.74) is 5.70. The molecule has 15 heavy (non-hydrogen) atoms.